The summed E-state index contributed by atoms with van der Waals surface area (Å²) in [6.07, 6.45) is 7.48. The van der Waals surface area contributed by atoms with E-state index in [1.165, 1.54) is 38.5 Å². The van der Waals surface area contributed by atoms with Crippen LogP contribution in [0.4, 0.5) is 4.39 Å². The average molecular weight is 303 g/mol. The molecule has 0 spiro atoms. The van der Waals surface area contributed by atoms with E-state index in [2.05, 4.69) is 5.10 Å². The van der Waals surface area contributed by atoms with Crippen LogP contribution in [0.2, 0.25) is 0 Å². The summed E-state index contributed by atoms with van der Waals surface area (Å²) in [6.45, 7) is 0. The number of carbonyl (C=O) groups is 1. The van der Waals surface area contributed by atoms with Crippen molar-refractivity contribution in [1.82, 2.24) is 5.10 Å². The average Bonchev–Trinajstić information content (AvgIpc) is 3.00. The van der Waals surface area contributed by atoms with E-state index in [1.54, 1.807) is 18.3 Å². The maximum atomic E-state index is 13.2. The number of carbonyl (C=O) groups excluding carboxylic acids is 1. The van der Waals surface area contributed by atoms with Crippen molar-refractivity contribution in [2.45, 2.75) is 38.1 Å². The summed E-state index contributed by atoms with van der Waals surface area (Å²) in [6, 6.07) is 6.56. The molecule has 1 aliphatic rings. The van der Waals surface area contributed by atoms with Gasteiger partial charge in [0, 0.05) is 18.4 Å². The number of H-pyrrole nitrogens is 1. The maximum Gasteiger partial charge on any atom is 0.346 e. The zero-order chi connectivity index (χ0) is 15.5. The molecule has 1 fully saturated rings. The third kappa shape index (κ3) is 2.75. The number of benzene rings is 1. The molecule has 5 heteroatoms. The molecular formula is C17H20FN2O2+. The second-order valence-electron chi connectivity index (χ2n) is 5.70. The van der Waals surface area contributed by atoms with Crippen LogP contribution in [0.3, 0.4) is 0 Å². The van der Waals surface area contributed by atoms with E-state index in [9.17, 15) is 9.18 Å². The number of aromatic amines is 1. The highest BCUT2D eigenvalue weighted by Gasteiger charge is 2.33. The molecular weight excluding hydrogens is 283 g/mol. The normalized spacial score (nSPS) is 15.7. The van der Waals surface area contributed by atoms with E-state index in [-0.39, 0.29) is 11.8 Å². The summed E-state index contributed by atoms with van der Waals surface area (Å²) in [5.41, 5.74) is 2.08. The van der Waals surface area contributed by atoms with Gasteiger partial charge in [-0.25, -0.2) is 9.18 Å². The van der Waals surface area contributed by atoms with Crippen LogP contribution in [-0.4, -0.2) is 18.2 Å². The summed E-state index contributed by atoms with van der Waals surface area (Å²) in [5.74, 6) is -0.673. The molecule has 2 aromatic rings. The van der Waals surface area contributed by atoms with E-state index in [4.69, 9.17) is 4.74 Å². The second-order valence-corrected chi connectivity index (χ2v) is 5.70. The van der Waals surface area contributed by atoms with Gasteiger partial charge in [0.25, 0.3) is 5.69 Å². The molecule has 1 heterocycles. The Balaban J connectivity index is 2.08. The molecule has 1 saturated carbocycles. The van der Waals surface area contributed by atoms with Crippen LogP contribution in [0.1, 0.15) is 48.5 Å². The van der Waals surface area contributed by atoms with Crippen LogP contribution in [0.25, 0.3) is 11.3 Å². The standard InChI is InChI=1S/C17H19FN2O2/c1-22-17(21)15-11-19-20(14-5-3-2-4-6-14)16(15)12-7-9-13(18)10-8-12/h7-11,14H,2-6H2,1H3/p+1. The quantitative estimate of drug-likeness (QED) is 0.698. The first kappa shape index (κ1) is 14.8. The van der Waals surface area contributed by atoms with Gasteiger partial charge in [0.1, 0.15) is 5.82 Å². The number of ether oxygens (including phenoxy) is 1. The fraction of sp³-hybridized carbons (Fsp3) is 0.412. The number of methoxy groups -OCH3 is 1. The van der Waals surface area contributed by atoms with Crippen LogP contribution < -0.4 is 4.68 Å². The number of nitrogens with one attached hydrogen (secondary N) is 1. The first-order valence-electron chi connectivity index (χ1n) is 7.68. The smallest absolute Gasteiger partial charge is 0.346 e. The second kappa shape index (κ2) is 6.30. The third-order valence-corrected chi connectivity index (χ3v) is 4.31. The lowest BCUT2D eigenvalue weighted by atomic mass is 9.95. The zero-order valence-corrected chi connectivity index (χ0v) is 12.6. The number of rotatable bonds is 3. The molecule has 0 amide bonds. The molecule has 3 rings (SSSR count). The predicted molar refractivity (Wildman–Crippen MR) is 79.8 cm³/mol. The van der Waals surface area contributed by atoms with Crippen molar-refractivity contribution >= 4 is 5.97 Å². The molecule has 0 unspecified atom stereocenters. The van der Waals surface area contributed by atoms with Crippen molar-refractivity contribution < 1.29 is 18.6 Å². The Labute approximate surface area is 128 Å². The Morgan fingerprint density at radius 1 is 1.23 bits per heavy atom. The van der Waals surface area contributed by atoms with Gasteiger partial charge in [-0.15, -0.1) is 4.68 Å². The van der Waals surface area contributed by atoms with Gasteiger partial charge in [0.15, 0.2) is 11.6 Å². The summed E-state index contributed by atoms with van der Waals surface area (Å²) in [5, 5.41) is 3.19. The first-order chi connectivity index (χ1) is 10.7. The Kier molecular flexibility index (Phi) is 4.22. The lowest BCUT2D eigenvalue weighted by Crippen LogP contribution is -2.44. The van der Waals surface area contributed by atoms with Crippen LogP contribution in [-0.2, 0) is 4.74 Å². The monoisotopic (exact) mass is 303 g/mol. The minimum absolute atomic E-state index is 0.289. The number of hydrogen-bond acceptors (Lipinski definition) is 2. The fourth-order valence-electron chi connectivity index (χ4n) is 3.19. The molecule has 0 bridgehead atoms. The van der Waals surface area contributed by atoms with Gasteiger partial charge in [-0.1, -0.05) is 6.42 Å². The summed E-state index contributed by atoms with van der Waals surface area (Å²) < 4.78 is 20.1. The zero-order valence-electron chi connectivity index (χ0n) is 12.6. The molecule has 0 aliphatic heterocycles. The minimum Gasteiger partial charge on any atom is -0.465 e. The Morgan fingerprint density at radius 2 is 1.91 bits per heavy atom. The maximum absolute atomic E-state index is 13.2. The number of halogens is 1. The summed E-state index contributed by atoms with van der Waals surface area (Å²) in [4.78, 5) is 12.0. The topological polar surface area (TPSA) is 46.0 Å². The molecule has 0 radical (unpaired) electrons. The summed E-state index contributed by atoms with van der Waals surface area (Å²) >= 11 is 0. The summed E-state index contributed by atoms with van der Waals surface area (Å²) in [7, 11) is 1.37. The van der Waals surface area contributed by atoms with Crippen LogP contribution in [0, 0.1) is 5.82 Å². The van der Waals surface area contributed by atoms with Crippen molar-refractivity contribution in [1.29, 1.82) is 0 Å². The first-order valence-corrected chi connectivity index (χ1v) is 7.68. The van der Waals surface area contributed by atoms with Crippen LogP contribution >= 0.6 is 0 Å². The van der Waals surface area contributed by atoms with Crippen molar-refractivity contribution in [3.63, 3.8) is 0 Å². The molecule has 1 aromatic carbocycles. The van der Waals surface area contributed by atoms with E-state index >= 15 is 0 Å². The Bertz CT molecular complexity index is 658. The third-order valence-electron chi connectivity index (χ3n) is 4.31. The molecule has 1 N–H and O–H groups in total. The molecule has 0 atom stereocenters. The highest BCUT2D eigenvalue weighted by atomic mass is 19.1. The van der Waals surface area contributed by atoms with Gasteiger partial charge in [-0.05, 0) is 37.1 Å². The van der Waals surface area contributed by atoms with Gasteiger partial charge in [0.2, 0.25) is 0 Å². The van der Waals surface area contributed by atoms with Crippen LogP contribution in [0.15, 0.2) is 30.5 Å². The highest BCUT2D eigenvalue weighted by molar-refractivity contribution is 5.94. The van der Waals surface area contributed by atoms with E-state index in [0.29, 0.717) is 11.6 Å². The van der Waals surface area contributed by atoms with E-state index in [0.717, 1.165) is 24.1 Å². The molecule has 116 valence electrons. The molecule has 0 saturated heterocycles. The number of aromatic nitrogens is 2. The highest BCUT2D eigenvalue weighted by Crippen LogP contribution is 2.28. The minimum atomic E-state index is -0.384. The largest absolute Gasteiger partial charge is 0.465 e. The van der Waals surface area contributed by atoms with Gasteiger partial charge < -0.3 is 4.74 Å². The Morgan fingerprint density at radius 3 is 2.55 bits per heavy atom. The fourth-order valence-corrected chi connectivity index (χ4v) is 3.19. The van der Waals surface area contributed by atoms with E-state index in [1.807, 2.05) is 4.68 Å². The molecule has 22 heavy (non-hydrogen) atoms. The SMILES string of the molecule is COC(=O)c1c[nH][n+](C2CCCCC2)c1-c1ccc(F)cc1. The predicted octanol–water partition coefficient (Wildman–Crippen LogP) is 3.40. The molecule has 4 nitrogen and oxygen atoms in total. The van der Waals surface area contributed by atoms with Gasteiger partial charge in [-0.2, -0.15) is 5.10 Å². The lowest BCUT2D eigenvalue weighted by Gasteiger charge is -2.16. The number of esters is 1. The molecule has 1 aromatic heterocycles. The number of hydrogen-bond donors (Lipinski definition) is 1. The van der Waals surface area contributed by atoms with E-state index < -0.39 is 0 Å². The van der Waals surface area contributed by atoms with Gasteiger partial charge >= 0.3 is 5.97 Å². The van der Waals surface area contributed by atoms with Gasteiger partial charge in [-0.3, -0.25) is 0 Å². The van der Waals surface area contributed by atoms with Crippen LogP contribution in [0.5, 0.6) is 0 Å². The van der Waals surface area contributed by atoms with Crippen molar-refractivity contribution in [3.05, 3.63) is 41.8 Å². The Hall–Kier alpha value is -2.17. The lowest BCUT2D eigenvalue weighted by molar-refractivity contribution is -0.766. The molecule has 1 aliphatic carbocycles. The van der Waals surface area contributed by atoms with Crippen molar-refractivity contribution in [3.8, 4) is 11.3 Å². The van der Waals surface area contributed by atoms with Crippen molar-refractivity contribution in [2.24, 2.45) is 0 Å². The van der Waals surface area contributed by atoms with Gasteiger partial charge in [0.05, 0.1) is 13.3 Å². The van der Waals surface area contributed by atoms with Crippen molar-refractivity contribution in [2.75, 3.05) is 7.11 Å². The number of nitrogens with zero attached hydrogens (tertiary/aromatic N) is 1.